The maximum Gasteiger partial charge on any atom is 0.221 e. The van der Waals surface area contributed by atoms with E-state index >= 15 is 0 Å². The van der Waals surface area contributed by atoms with E-state index in [0.29, 0.717) is 13.0 Å². The lowest BCUT2D eigenvalue weighted by atomic mass is 10.1. The third kappa shape index (κ3) is 6.10. The molecule has 2 aromatic carbocycles. The highest BCUT2D eigenvalue weighted by molar-refractivity contribution is 7.99. The van der Waals surface area contributed by atoms with Crippen molar-refractivity contribution < 1.29 is 9.53 Å². The van der Waals surface area contributed by atoms with Gasteiger partial charge < -0.3 is 10.1 Å². The van der Waals surface area contributed by atoms with Gasteiger partial charge in [-0.1, -0.05) is 23.7 Å². The number of hydrogen-bond donors (Lipinski definition) is 1. The number of hydrogen-bond acceptors (Lipinski definition) is 3. The van der Waals surface area contributed by atoms with Gasteiger partial charge in [0.1, 0.15) is 5.75 Å². The minimum absolute atomic E-state index is 0.0197. The van der Waals surface area contributed by atoms with Crippen LogP contribution >= 0.6 is 23.4 Å². The molecule has 0 aromatic heterocycles. The standard InChI is InChI=1S/C19H22ClNO2S/c1-3-23-17-8-4-15(5-9-17)14(2)21-19(22)12-13-24-18-10-6-16(20)7-11-18/h4-11,14H,3,12-13H2,1-2H3,(H,21,22)/t14-/m1/s1. The molecule has 1 amide bonds. The van der Waals surface area contributed by atoms with Gasteiger partial charge in [0, 0.05) is 22.1 Å². The summed E-state index contributed by atoms with van der Waals surface area (Å²) in [5.41, 5.74) is 1.07. The molecule has 0 fully saturated rings. The van der Waals surface area contributed by atoms with Gasteiger partial charge in [0.25, 0.3) is 0 Å². The molecular formula is C19H22ClNO2S. The van der Waals surface area contributed by atoms with Crippen molar-refractivity contribution in [2.24, 2.45) is 0 Å². The van der Waals surface area contributed by atoms with Crippen molar-refractivity contribution >= 4 is 29.3 Å². The quantitative estimate of drug-likeness (QED) is 0.663. The van der Waals surface area contributed by atoms with Gasteiger partial charge in [-0.3, -0.25) is 4.79 Å². The molecule has 0 bridgehead atoms. The molecule has 128 valence electrons. The van der Waals surface area contributed by atoms with E-state index in [-0.39, 0.29) is 11.9 Å². The van der Waals surface area contributed by atoms with Crippen LogP contribution in [0, 0.1) is 0 Å². The molecule has 0 heterocycles. The van der Waals surface area contributed by atoms with Crippen LogP contribution in [0.25, 0.3) is 0 Å². The van der Waals surface area contributed by atoms with Crippen molar-refractivity contribution in [3.05, 3.63) is 59.1 Å². The first kappa shape index (κ1) is 18.7. The number of halogens is 1. The molecule has 0 aliphatic heterocycles. The van der Waals surface area contributed by atoms with Crippen LogP contribution in [0.3, 0.4) is 0 Å². The molecule has 0 saturated heterocycles. The van der Waals surface area contributed by atoms with Gasteiger partial charge in [0.2, 0.25) is 5.91 Å². The summed E-state index contributed by atoms with van der Waals surface area (Å²) in [5.74, 6) is 1.64. The molecule has 1 atom stereocenters. The summed E-state index contributed by atoms with van der Waals surface area (Å²) >= 11 is 7.51. The van der Waals surface area contributed by atoms with Gasteiger partial charge in [-0.15, -0.1) is 11.8 Å². The number of ether oxygens (including phenoxy) is 1. The topological polar surface area (TPSA) is 38.3 Å². The van der Waals surface area contributed by atoms with E-state index in [2.05, 4.69) is 5.32 Å². The Labute approximate surface area is 152 Å². The lowest BCUT2D eigenvalue weighted by Crippen LogP contribution is -2.26. The van der Waals surface area contributed by atoms with Crippen LogP contribution in [0.5, 0.6) is 5.75 Å². The van der Waals surface area contributed by atoms with Crippen molar-refractivity contribution in [3.63, 3.8) is 0 Å². The predicted octanol–water partition coefficient (Wildman–Crippen LogP) is 5.10. The lowest BCUT2D eigenvalue weighted by molar-refractivity contribution is -0.121. The fraction of sp³-hybridized carbons (Fsp3) is 0.316. The number of carbonyl (C=O) groups excluding carboxylic acids is 1. The van der Waals surface area contributed by atoms with E-state index in [1.165, 1.54) is 0 Å². The van der Waals surface area contributed by atoms with E-state index in [0.717, 1.165) is 27.0 Å². The Bertz CT molecular complexity index is 643. The van der Waals surface area contributed by atoms with Crippen molar-refractivity contribution in [3.8, 4) is 5.75 Å². The third-order valence-corrected chi connectivity index (χ3v) is 4.75. The number of benzene rings is 2. The molecule has 0 spiro atoms. The Morgan fingerprint density at radius 3 is 2.46 bits per heavy atom. The first-order chi connectivity index (χ1) is 11.6. The number of nitrogens with one attached hydrogen (secondary N) is 1. The van der Waals surface area contributed by atoms with Gasteiger partial charge in [-0.05, 0) is 55.8 Å². The van der Waals surface area contributed by atoms with Crippen LogP contribution in [0.2, 0.25) is 5.02 Å². The molecule has 0 aliphatic rings. The SMILES string of the molecule is CCOc1ccc([C@@H](C)NC(=O)CCSc2ccc(Cl)cc2)cc1. The first-order valence-electron chi connectivity index (χ1n) is 7.99. The number of amides is 1. The second-order valence-electron chi connectivity index (χ2n) is 5.34. The van der Waals surface area contributed by atoms with E-state index < -0.39 is 0 Å². The Morgan fingerprint density at radius 1 is 1.17 bits per heavy atom. The highest BCUT2D eigenvalue weighted by Crippen LogP contribution is 2.21. The van der Waals surface area contributed by atoms with Crippen LogP contribution in [0.15, 0.2) is 53.4 Å². The normalized spacial score (nSPS) is 11.8. The molecule has 0 saturated carbocycles. The van der Waals surface area contributed by atoms with Gasteiger partial charge in [-0.2, -0.15) is 0 Å². The highest BCUT2D eigenvalue weighted by atomic mass is 35.5. The fourth-order valence-corrected chi connectivity index (χ4v) is 3.19. The lowest BCUT2D eigenvalue weighted by Gasteiger charge is -2.15. The molecule has 2 aromatic rings. The van der Waals surface area contributed by atoms with E-state index in [4.69, 9.17) is 16.3 Å². The van der Waals surface area contributed by atoms with Crippen molar-refractivity contribution in [2.45, 2.75) is 31.2 Å². The molecule has 0 aliphatic carbocycles. The summed E-state index contributed by atoms with van der Waals surface area (Å²) in [5, 5.41) is 3.75. The number of rotatable bonds is 8. The van der Waals surface area contributed by atoms with Gasteiger partial charge in [-0.25, -0.2) is 0 Å². The summed E-state index contributed by atoms with van der Waals surface area (Å²) in [6, 6.07) is 15.5. The third-order valence-electron chi connectivity index (χ3n) is 3.48. The second-order valence-corrected chi connectivity index (χ2v) is 6.95. The summed E-state index contributed by atoms with van der Waals surface area (Å²) in [6.07, 6.45) is 0.481. The van der Waals surface area contributed by atoms with E-state index in [9.17, 15) is 4.79 Å². The molecule has 0 radical (unpaired) electrons. The summed E-state index contributed by atoms with van der Waals surface area (Å²) in [4.78, 5) is 13.2. The van der Waals surface area contributed by atoms with Crippen molar-refractivity contribution in [2.75, 3.05) is 12.4 Å². The zero-order valence-corrected chi connectivity index (χ0v) is 15.5. The van der Waals surface area contributed by atoms with E-state index in [1.54, 1.807) is 11.8 Å². The summed E-state index contributed by atoms with van der Waals surface area (Å²) < 4.78 is 5.43. The van der Waals surface area contributed by atoms with Gasteiger partial charge in [0.05, 0.1) is 12.6 Å². The molecule has 5 heteroatoms. The average Bonchev–Trinajstić information content (AvgIpc) is 2.57. The fourth-order valence-electron chi connectivity index (χ4n) is 2.21. The monoisotopic (exact) mass is 363 g/mol. The van der Waals surface area contributed by atoms with E-state index in [1.807, 2.05) is 62.4 Å². The maximum absolute atomic E-state index is 12.1. The Morgan fingerprint density at radius 2 is 1.83 bits per heavy atom. The van der Waals surface area contributed by atoms with Crippen LogP contribution in [-0.4, -0.2) is 18.3 Å². The summed E-state index contributed by atoms with van der Waals surface area (Å²) in [7, 11) is 0. The second kappa shape index (κ2) is 9.60. The minimum Gasteiger partial charge on any atom is -0.494 e. The predicted molar refractivity (Wildman–Crippen MR) is 101 cm³/mol. The Hall–Kier alpha value is -1.65. The van der Waals surface area contributed by atoms with Crippen LogP contribution in [-0.2, 0) is 4.79 Å². The summed E-state index contributed by atoms with van der Waals surface area (Å²) in [6.45, 7) is 4.59. The average molecular weight is 364 g/mol. The molecule has 0 unspecified atom stereocenters. The molecule has 3 nitrogen and oxygen atoms in total. The smallest absolute Gasteiger partial charge is 0.221 e. The van der Waals surface area contributed by atoms with Crippen molar-refractivity contribution in [1.29, 1.82) is 0 Å². The number of carbonyl (C=O) groups is 1. The largest absolute Gasteiger partial charge is 0.494 e. The molecule has 24 heavy (non-hydrogen) atoms. The zero-order chi connectivity index (χ0) is 17.4. The molecule has 2 rings (SSSR count). The van der Waals surface area contributed by atoms with Crippen LogP contribution in [0.1, 0.15) is 31.9 Å². The minimum atomic E-state index is -0.0197. The number of thioether (sulfide) groups is 1. The Kier molecular flexibility index (Phi) is 7.47. The first-order valence-corrected chi connectivity index (χ1v) is 9.35. The van der Waals surface area contributed by atoms with Crippen LogP contribution in [0.4, 0.5) is 0 Å². The Balaban J connectivity index is 1.75. The zero-order valence-electron chi connectivity index (χ0n) is 13.9. The van der Waals surface area contributed by atoms with Gasteiger partial charge in [0.15, 0.2) is 0 Å². The maximum atomic E-state index is 12.1. The molecule has 1 N–H and O–H groups in total. The highest BCUT2D eigenvalue weighted by Gasteiger charge is 2.09. The van der Waals surface area contributed by atoms with Gasteiger partial charge >= 0.3 is 0 Å². The van der Waals surface area contributed by atoms with Crippen molar-refractivity contribution in [1.82, 2.24) is 5.32 Å². The van der Waals surface area contributed by atoms with Crippen LogP contribution < -0.4 is 10.1 Å². The molecular weight excluding hydrogens is 342 g/mol.